The summed E-state index contributed by atoms with van der Waals surface area (Å²) >= 11 is 3.86. The van der Waals surface area contributed by atoms with Gasteiger partial charge in [0, 0.05) is 23.5 Å². The van der Waals surface area contributed by atoms with E-state index in [-0.39, 0.29) is 0 Å². The van der Waals surface area contributed by atoms with Crippen molar-refractivity contribution in [3.8, 4) is 0 Å². The molecule has 0 radical (unpaired) electrons. The molecule has 2 fully saturated rings. The van der Waals surface area contributed by atoms with Crippen molar-refractivity contribution >= 4 is 15.9 Å². The second kappa shape index (κ2) is 5.46. The van der Waals surface area contributed by atoms with E-state index in [1.807, 2.05) is 0 Å². The van der Waals surface area contributed by atoms with E-state index in [0.29, 0.717) is 0 Å². The third kappa shape index (κ3) is 2.35. The summed E-state index contributed by atoms with van der Waals surface area (Å²) in [4.78, 5) is 3.64. The topological polar surface area (TPSA) is 3.24 Å². The van der Waals surface area contributed by atoms with Crippen LogP contribution in [0.1, 0.15) is 55.6 Å². The first-order chi connectivity index (χ1) is 9.81. The molecule has 3 atom stereocenters. The molecule has 1 nitrogen and oxygen atoms in total. The zero-order valence-electron chi connectivity index (χ0n) is 12.1. The molecule has 20 heavy (non-hydrogen) atoms. The summed E-state index contributed by atoms with van der Waals surface area (Å²) in [5.74, 6) is 0.787. The van der Waals surface area contributed by atoms with Gasteiger partial charge >= 0.3 is 0 Å². The number of hydrogen-bond donors (Lipinski definition) is 0. The fourth-order valence-electron chi connectivity index (χ4n) is 4.80. The summed E-state index contributed by atoms with van der Waals surface area (Å²) in [5.41, 5.74) is 3.27. The monoisotopic (exact) mass is 333 g/mol. The Hall–Kier alpha value is -0.340. The molecule has 2 saturated heterocycles. The first-order valence-corrected chi connectivity index (χ1v) is 9.20. The molecule has 0 spiro atoms. The predicted molar refractivity (Wildman–Crippen MR) is 87.6 cm³/mol. The summed E-state index contributed by atoms with van der Waals surface area (Å²) in [5, 5.41) is 0. The highest BCUT2D eigenvalue weighted by atomic mass is 79.9. The Morgan fingerprint density at radius 3 is 2.60 bits per heavy atom. The maximum atomic E-state index is 3.86. The van der Waals surface area contributed by atoms with Gasteiger partial charge in [0.15, 0.2) is 0 Å². The first kappa shape index (κ1) is 13.3. The van der Waals surface area contributed by atoms with Crippen molar-refractivity contribution in [2.75, 3.05) is 6.54 Å². The molecule has 3 aliphatic rings. The van der Waals surface area contributed by atoms with Gasteiger partial charge in [-0.2, -0.15) is 0 Å². The molecule has 1 aromatic rings. The van der Waals surface area contributed by atoms with Crippen molar-refractivity contribution in [2.24, 2.45) is 0 Å². The van der Waals surface area contributed by atoms with E-state index in [9.17, 15) is 0 Å². The Labute approximate surface area is 130 Å². The SMILES string of the molecule is BrC1CC2CCC(C1)N2CC1CCCc2ccccc21. The average Bonchev–Trinajstić information content (AvgIpc) is 2.70. The van der Waals surface area contributed by atoms with Crippen molar-refractivity contribution in [3.05, 3.63) is 35.4 Å². The maximum Gasteiger partial charge on any atom is 0.0175 e. The Balaban J connectivity index is 1.53. The Kier molecular flexibility index (Phi) is 3.64. The van der Waals surface area contributed by atoms with Crippen LogP contribution >= 0.6 is 15.9 Å². The Bertz CT molecular complexity index is 472. The molecule has 2 bridgehead atoms. The summed E-state index contributed by atoms with van der Waals surface area (Å²) in [6.07, 6.45) is 9.66. The molecule has 1 aromatic carbocycles. The van der Waals surface area contributed by atoms with Crippen molar-refractivity contribution in [1.29, 1.82) is 0 Å². The normalized spacial score (nSPS) is 36.9. The minimum atomic E-state index is 0.773. The van der Waals surface area contributed by atoms with E-state index in [1.54, 1.807) is 11.1 Å². The number of nitrogens with zero attached hydrogens (tertiary/aromatic N) is 1. The molecule has 1 aliphatic carbocycles. The van der Waals surface area contributed by atoms with Gasteiger partial charge < -0.3 is 0 Å². The maximum absolute atomic E-state index is 3.86. The summed E-state index contributed by atoms with van der Waals surface area (Å²) in [6, 6.07) is 10.9. The lowest BCUT2D eigenvalue weighted by atomic mass is 9.82. The molecule has 2 aliphatic heterocycles. The van der Waals surface area contributed by atoms with Crippen LogP contribution in [0.5, 0.6) is 0 Å². The van der Waals surface area contributed by atoms with E-state index in [2.05, 4.69) is 45.1 Å². The van der Waals surface area contributed by atoms with Gasteiger partial charge in [-0.1, -0.05) is 40.2 Å². The highest BCUT2D eigenvalue weighted by Gasteiger charge is 2.40. The lowest BCUT2D eigenvalue weighted by Crippen LogP contribution is -2.45. The predicted octanol–water partition coefficient (Wildman–Crippen LogP) is 4.50. The van der Waals surface area contributed by atoms with Gasteiger partial charge in [-0.3, -0.25) is 4.90 Å². The number of fused-ring (bicyclic) bond motifs is 3. The molecule has 3 unspecified atom stereocenters. The number of alkyl halides is 1. The van der Waals surface area contributed by atoms with Crippen LogP contribution in [-0.4, -0.2) is 28.4 Å². The van der Waals surface area contributed by atoms with E-state index in [1.165, 1.54) is 51.5 Å². The van der Waals surface area contributed by atoms with Crippen molar-refractivity contribution in [1.82, 2.24) is 4.90 Å². The number of rotatable bonds is 2. The third-order valence-corrected chi connectivity index (χ3v) is 6.50. The Morgan fingerprint density at radius 2 is 1.80 bits per heavy atom. The van der Waals surface area contributed by atoms with Gasteiger partial charge in [0.1, 0.15) is 0 Å². The van der Waals surface area contributed by atoms with Gasteiger partial charge in [0.25, 0.3) is 0 Å². The number of benzene rings is 1. The summed E-state index contributed by atoms with van der Waals surface area (Å²) in [6.45, 7) is 1.31. The smallest absolute Gasteiger partial charge is 0.0175 e. The van der Waals surface area contributed by atoms with Gasteiger partial charge in [-0.25, -0.2) is 0 Å². The van der Waals surface area contributed by atoms with Crippen LogP contribution in [-0.2, 0) is 6.42 Å². The van der Waals surface area contributed by atoms with Gasteiger partial charge in [-0.15, -0.1) is 0 Å². The van der Waals surface area contributed by atoms with Crippen LogP contribution < -0.4 is 0 Å². The summed E-state index contributed by atoms with van der Waals surface area (Å²) < 4.78 is 0. The van der Waals surface area contributed by atoms with Gasteiger partial charge in [0.05, 0.1) is 0 Å². The van der Waals surface area contributed by atoms with Crippen LogP contribution in [0.2, 0.25) is 0 Å². The van der Waals surface area contributed by atoms with Gasteiger partial charge in [0.2, 0.25) is 0 Å². The van der Waals surface area contributed by atoms with E-state index in [4.69, 9.17) is 0 Å². The molecular weight excluding hydrogens is 310 g/mol. The molecule has 2 heteroatoms. The standard InChI is InChI=1S/C18H24BrN/c19-15-10-16-8-9-17(11-15)20(16)12-14-6-3-5-13-4-1-2-7-18(13)14/h1-2,4,7,14-17H,3,5-6,8-12H2. The Morgan fingerprint density at radius 1 is 1.05 bits per heavy atom. The number of aryl methyl sites for hydroxylation is 1. The first-order valence-electron chi connectivity index (χ1n) is 8.29. The molecule has 2 heterocycles. The lowest BCUT2D eigenvalue weighted by molar-refractivity contribution is 0.132. The lowest BCUT2D eigenvalue weighted by Gasteiger charge is -2.40. The zero-order chi connectivity index (χ0) is 13.5. The molecule has 108 valence electrons. The van der Waals surface area contributed by atoms with E-state index < -0.39 is 0 Å². The molecule has 0 aromatic heterocycles. The van der Waals surface area contributed by atoms with Crippen molar-refractivity contribution < 1.29 is 0 Å². The van der Waals surface area contributed by atoms with E-state index in [0.717, 1.165) is 22.8 Å². The second-order valence-corrected chi connectivity index (χ2v) is 8.23. The molecule has 4 rings (SSSR count). The van der Waals surface area contributed by atoms with Crippen molar-refractivity contribution in [2.45, 2.75) is 67.8 Å². The number of hydrogen-bond acceptors (Lipinski definition) is 1. The van der Waals surface area contributed by atoms with Crippen LogP contribution in [0.4, 0.5) is 0 Å². The third-order valence-electron chi connectivity index (χ3n) is 5.75. The fourth-order valence-corrected chi connectivity index (χ4v) is 5.67. The number of halogens is 1. The van der Waals surface area contributed by atoms with Gasteiger partial charge in [-0.05, 0) is 62.0 Å². The minimum Gasteiger partial charge on any atom is -0.297 e. The number of piperidine rings is 1. The quantitative estimate of drug-likeness (QED) is 0.720. The molecule has 0 saturated carbocycles. The fraction of sp³-hybridized carbons (Fsp3) is 0.667. The van der Waals surface area contributed by atoms with Crippen molar-refractivity contribution in [3.63, 3.8) is 0 Å². The van der Waals surface area contributed by atoms with Crippen LogP contribution in [0.15, 0.2) is 24.3 Å². The largest absolute Gasteiger partial charge is 0.297 e. The summed E-state index contributed by atoms with van der Waals surface area (Å²) in [7, 11) is 0. The molecular formula is C18H24BrN. The minimum absolute atomic E-state index is 0.773. The zero-order valence-corrected chi connectivity index (χ0v) is 13.7. The molecule has 0 N–H and O–H groups in total. The van der Waals surface area contributed by atoms with Crippen LogP contribution in [0.25, 0.3) is 0 Å². The van der Waals surface area contributed by atoms with Crippen LogP contribution in [0.3, 0.4) is 0 Å². The average molecular weight is 334 g/mol. The molecule has 0 amide bonds. The second-order valence-electron chi connectivity index (χ2n) is 6.94. The van der Waals surface area contributed by atoms with Crippen LogP contribution in [0, 0.1) is 0 Å². The highest BCUT2D eigenvalue weighted by Crippen LogP contribution is 2.41. The van der Waals surface area contributed by atoms with E-state index >= 15 is 0 Å². The highest BCUT2D eigenvalue weighted by molar-refractivity contribution is 9.09.